The number of fused-ring (bicyclic) bond motifs is 1. The van der Waals surface area contributed by atoms with E-state index < -0.39 is 11.5 Å². The molecule has 0 aliphatic rings. The zero-order valence-electron chi connectivity index (χ0n) is 17.9. The lowest BCUT2D eigenvalue weighted by atomic mass is 9.87. The second-order valence-corrected chi connectivity index (χ2v) is 7.83. The van der Waals surface area contributed by atoms with Crippen LogP contribution in [0.3, 0.4) is 0 Å². The van der Waals surface area contributed by atoms with E-state index in [-0.39, 0.29) is 29.0 Å². The molecule has 158 valence electrons. The molecule has 0 bridgehead atoms. The number of nitrogens with zero attached hydrogens (tertiary/aromatic N) is 3. The summed E-state index contributed by atoms with van der Waals surface area (Å²) < 4.78 is 12.1. The van der Waals surface area contributed by atoms with Gasteiger partial charge >= 0.3 is 5.97 Å². The molecule has 0 unspecified atom stereocenters. The van der Waals surface area contributed by atoms with E-state index in [4.69, 9.17) is 9.47 Å². The summed E-state index contributed by atoms with van der Waals surface area (Å²) in [4.78, 5) is 29.6. The van der Waals surface area contributed by atoms with E-state index in [9.17, 15) is 14.9 Å². The van der Waals surface area contributed by atoms with Crippen molar-refractivity contribution in [2.24, 2.45) is 0 Å². The van der Waals surface area contributed by atoms with Crippen molar-refractivity contribution in [1.82, 2.24) is 9.38 Å². The number of nitriles is 1. The molecule has 0 fully saturated rings. The number of hydrogen-bond donors (Lipinski definition) is 0. The van der Waals surface area contributed by atoms with Crippen LogP contribution in [0.2, 0.25) is 0 Å². The van der Waals surface area contributed by atoms with Crippen molar-refractivity contribution < 1.29 is 14.3 Å². The van der Waals surface area contributed by atoms with Gasteiger partial charge in [-0.3, -0.25) is 9.20 Å². The maximum atomic E-state index is 13.1. The van der Waals surface area contributed by atoms with Gasteiger partial charge in [0.1, 0.15) is 28.6 Å². The molecule has 3 rings (SSSR count). The van der Waals surface area contributed by atoms with E-state index in [2.05, 4.69) is 25.8 Å². The Morgan fingerprint density at radius 1 is 1.19 bits per heavy atom. The fourth-order valence-corrected chi connectivity index (χ4v) is 2.91. The van der Waals surface area contributed by atoms with E-state index in [1.807, 2.05) is 12.1 Å². The first-order chi connectivity index (χ1) is 14.7. The normalized spacial score (nSPS) is 11.8. The maximum absolute atomic E-state index is 13.1. The highest BCUT2D eigenvalue weighted by atomic mass is 16.5. The van der Waals surface area contributed by atoms with Crippen LogP contribution in [0.25, 0.3) is 11.7 Å². The molecule has 0 saturated carbocycles. The molecular weight excluding hydrogens is 394 g/mol. The minimum atomic E-state index is -0.817. The van der Waals surface area contributed by atoms with E-state index in [0.717, 1.165) is 11.6 Å². The fourth-order valence-electron chi connectivity index (χ4n) is 2.91. The van der Waals surface area contributed by atoms with E-state index in [1.54, 1.807) is 49.5 Å². The number of carbonyl (C=O) groups is 1. The molecule has 31 heavy (non-hydrogen) atoms. The summed E-state index contributed by atoms with van der Waals surface area (Å²) in [6, 6.07) is 14.3. The molecule has 2 heterocycles. The Labute approximate surface area is 180 Å². The largest absolute Gasteiger partial charge is 0.462 e. The fraction of sp³-hybridized carbons (Fsp3) is 0.250. The first-order valence-corrected chi connectivity index (χ1v) is 9.83. The van der Waals surface area contributed by atoms with Crippen LogP contribution in [-0.4, -0.2) is 22.0 Å². The summed E-state index contributed by atoms with van der Waals surface area (Å²) in [5.74, 6) is -0.343. The maximum Gasteiger partial charge on any atom is 0.348 e. The van der Waals surface area contributed by atoms with Crippen molar-refractivity contribution in [1.29, 1.82) is 5.26 Å². The van der Waals surface area contributed by atoms with Gasteiger partial charge in [-0.25, -0.2) is 4.79 Å². The van der Waals surface area contributed by atoms with Crippen LogP contribution in [0.15, 0.2) is 59.0 Å². The van der Waals surface area contributed by atoms with Gasteiger partial charge in [-0.1, -0.05) is 39.0 Å². The number of carbonyl (C=O) groups excluding carboxylic acids is 1. The average Bonchev–Trinajstić information content (AvgIpc) is 2.73. The van der Waals surface area contributed by atoms with Gasteiger partial charge < -0.3 is 9.47 Å². The second kappa shape index (κ2) is 8.84. The number of hydrogen-bond acceptors (Lipinski definition) is 6. The van der Waals surface area contributed by atoms with Gasteiger partial charge in [-0.2, -0.15) is 10.2 Å². The van der Waals surface area contributed by atoms with E-state index in [1.165, 1.54) is 4.40 Å². The molecule has 7 nitrogen and oxygen atoms in total. The summed E-state index contributed by atoms with van der Waals surface area (Å²) in [6.07, 6.45) is 2.71. The number of aromatic nitrogens is 2. The summed E-state index contributed by atoms with van der Waals surface area (Å²) in [6.45, 7) is 8.06. The minimum absolute atomic E-state index is 0.00300. The van der Waals surface area contributed by atoms with Gasteiger partial charge in [-0.05, 0) is 48.2 Å². The Morgan fingerprint density at radius 3 is 2.52 bits per heavy atom. The highest BCUT2D eigenvalue weighted by Gasteiger charge is 2.18. The molecule has 1 aromatic carbocycles. The minimum Gasteiger partial charge on any atom is -0.462 e. The predicted molar refractivity (Wildman–Crippen MR) is 117 cm³/mol. The summed E-state index contributed by atoms with van der Waals surface area (Å²) >= 11 is 0. The number of esters is 1. The smallest absolute Gasteiger partial charge is 0.348 e. The van der Waals surface area contributed by atoms with Crippen molar-refractivity contribution in [3.05, 3.63) is 75.7 Å². The number of pyridine rings is 1. The first kappa shape index (κ1) is 21.8. The molecule has 0 aliphatic carbocycles. The lowest BCUT2D eigenvalue weighted by molar-refractivity contribution is -0.137. The lowest BCUT2D eigenvalue weighted by Crippen LogP contribution is -2.19. The molecule has 0 radical (unpaired) electrons. The number of rotatable bonds is 5. The summed E-state index contributed by atoms with van der Waals surface area (Å²) in [5.41, 5.74) is 0.677. The molecule has 0 spiro atoms. The topological polar surface area (TPSA) is 93.7 Å². The third-order valence-corrected chi connectivity index (χ3v) is 4.57. The molecule has 3 aromatic rings. The molecule has 0 N–H and O–H groups in total. The third kappa shape index (κ3) is 4.81. The highest BCUT2D eigenvalue weighted by Crippen LogP contribution is 2.28. The van der Waals surface area contributed by atoms with Crippen molar-refractivity contribution in [3.8, 4) is 17.7 Å². The molecule has 0 saturated heterocycles. The number of benzene rings is 1. The standard InChI is InChI=1S/C24H23N3O4/c1-5-30-23(29)16(15-25)14-19-21(26-20-8-6-7-13-27(20)22(19)28)31-18-11-9-17(10-12-18)24(2,3)4/h6-14H,5H2,1-4H3/b16-14+. The molecule has 2 aromatic heterocycles. The van der Waals surface area contributed by atoms with Gasteiger partial charge in [0.2, 0.25) is 5.88 Å². The van der Waals surface area contributed by atoms with Crippen molar-refractivity contribution in [3.63, 3.8) is 0 Å². The van der Waals surface area contributed by atoms with Crippen molar-refractivity contribution >= 4 is 17.7 Å². The molecule has 0 atom stereocenters. The van der Waals surface area contributed by atoms with Gasteiger partial charge in [-0.15, -0.1) is 0 Å². The monoisotopic (exact) mass is 417 g/mol. The zero-order chi connectivity index (χ0) is 22.6. The summed E-state index contributed by atoms with van der Waals surface area (Å²) in [7, 11) is 0. The quantitative estimate of drug-likeness (QED) is 0.350. The van der Waals surface area contributed by atoms with Gasteiger partial charge in [0.15, 0.2) is 0 Å². The van der Waals surface area contributed by atoms with Crippen LogP contribution in [0.5, 0.6) is 11.6 Å². The van der Waals surface area contributed by atoms with Crippen LogP contribution in [0.1, 0.15) is 38.8 Å². The SMILES string of the molecule is CCOC(=O)/C(C#N)=C/c1c(Oc2ccc(C(C)(C)C)cc2)nc2ccccn2c1=O. The summed E-state index contributed by atoms with van der Waals surface area (Å²) in [5, 5.41) is 9.39. The Hall–Kier alpha value is -3.92. The second-order valence-electron chi connectivity index (χ2n) is 7.83. The van der Waals surface area contributed by atoms with Crippen LogP contribution in [0, 0.1) is 11.3 Å². The van der Waals surface area contributed by atoms with E-state index >= 15 is 0 Å². The van der Waals surface area contributed by atoms with E-state index in [0.29, 0.717) is 11.4 Å². The predicted octanol–water partition coefficient (Wildman–Crippen LogP) is 4.25. The lowest BCUT2D eigenvalue weighted by Gasteiger charge is -2.19. The molecule has 0 amide bonds. The van der Waals surface area contributed by atoms with Crippen LogP contribution < -0.4 is 10.3 Å². The third-order valence-electron chi connectivity index (χ3n) is 4.57. The Balaban J connectivity index is 2.14. The Kier molecular flexibility index (Phi) is 6.21. The average molecular weight is 417 g/mol. The van der Waals surface area contributed by atoms with Crippen LogP contribution in [-0.2, 0) is 14.9 Å². The van der Waals surface area contributed by atoms with Gasteiger partial charge in [0.25, 0.3) is 5.56 Å². The van der Waals surface area contributed by atoms with Crippen LogP contribution in [0.4, 0.5) is 0 Å². The Morgan fingerprint density at radius 2 is 1.90 bits per heavy atom. The van der Waals surface area contributed by atoms with Gasteiger partial charge in [0, 0.05) is 6.20 Å². The molecule has 0 aliphatic heterocycles. The van der Waals surface area contributed by atoms with Crippen molar-refractivity contribution in [2.45, 2.75) is 33.1 Å². The number of ether oxygens (including phenoxy) is 2. The van der Waals surface area contributed by atoms with Crippen LogP contribution >= 0.6 is 0 Å². The highest BCUT2D eigenvalue weighted by molar-refractivity contribution is 5.98. The Bertz CT molecular complexity index is 1240. The van der Waals surface area contributed by atoms with Gasteiger partial charge in [0.05, 0.1) is 6.61 Å². The molecule has 7 heteroatoms. The zero-order valence-corrected chi connectivity index (χ0v) is 17.9. The molecular formula is C24H23N3O4. The van der Waals surface area contributed by atoms with Crippen molar-refractivity contribution in [2.75, 3.05) is 6.61 Å². The first-order valence-electron chi connectivity index (χ1n) is 9.83.